The fraction of sp³-hybridized carbons (Fsp3) is 0.364. The van der Waals surface area contributed by atoms with Gasteiger partial charge in [0, 0.05) is 36.8 Å². The van der Waals surface area contributed by atoms with E-state index in [0.29, 0.717) is 18.7 Å². The highest BCUT2D eigenvalue weighted by Gasteiger charge is 2.24. The molecule has 0 aromatic heterocycles. The molecule has 1 saturated heterocycles. The maximum Gasteiger partial charge on any atom is 0.269 e. The van der Waals surface area contributed by atoms with Gasteiger partial charge in [-0.3, -0.25) is 14.9 Å². The molecule has 1 atom stereocenters. The number of nitrogens with zero attached hydrogens (tertiary/aromatic N) is 2. The highest BCUT2D eigenvalue weighted by atomic mass is 35.5. The Balaban J connectivity index is 0.00000162. The first-order chi connectivity index (χ1) is 8.08. The van der Waals surface area contributed by atoms with Crippen LogP contribution in [0.25, 0.3) is 0 Å². The Bertz CT molecular complexity index is 449. The van der Waals surface area contributed by atoms with Crippen molar-refractivity contribution in [2.75, 3.05) is 13.1 Å². The van der Waals surface area contributed by atoms with Gasteiger partial charge in [-0.25, -0.2) is 0 Å². The van der Waals surface area contributed by atoms with Gasteiger partial charge in [0.05, 0.1) is 4.92 Å². The number of benzene rings is 1. The molecule has 2 rings (SSSR count). The minimum atomic E-state index is -0.486. The first-order valence-corrected chi connectivity index (χ1v) is 5.37. The fourth-order valence-electron chi connectivity index (χ4n) is 1.88. The number of likely N-dealkylation sites (tertiary alicyclic amines) is 1. The normalized spacial score (nSPS) is 18.3. The van der Waals surface area contributed by atoms with Gasteiger partial charge in [0.2, 0.25) is 0 Å². The van der Waals surface area contributed by atoms with Gasteiger partial charge in [-0.1, -0.05) is 0 Å². The van der Waals surface area contributed by atoms with E-state index in [1.165, 1.54) is 24.3 Å². The number of nitrogens with two attached hydrogens (primary N) is 1. The molecule has 7 heteroatoms. The lowest BCUT2D eigenvalue weighted by molar-refractivity contribution is -0.384. The summed E-state index contributed by atoms with van der Waals surface area (Å²) in [5.41, 5.74) is 6.17. The van der Waals surface area contributed by atoms with Crippen LogP contribution in [0.3, 0.4) is 0 Å². The van der Waals surface area contributed by atoms with Gasteiger partial charge in [-0.05, 0) is 18.6 Å². The maximum atomic E-state index is 12.0. The maximum absolute atomic E-state index is 12.0. The highest BCUT2D eigenvalue weighted by molar-refractivity contribution is 5.94. The van der Waals surface area contributed by atoms with E-state index in [4.69, 9.17) is 5.73 Å². The Kier molecular flexibility index (Phi) is 4.63. The van der Waals surface area contributed by atoms with Crippen molar-refractivity contribution in [2.24, 2.45) is 5.73 Å². The molecule has 1 fully saturated rings. The zero-order valence-electron chi connectivity index (χ0n) is 9.61. The van der Waals surface area contributed by atoms with E-state index in [9.17, 15) is 14.9 Å². The van der Waals surface area contributed by atoms with Gasteiger partial charge in [0.25, 0.3) is 11.6 Å². The molecule has 1 aliphatic rings. The molecule has 6 nitrogen and oxygen atoms in total. The third-order valence-corrected chi connectivity index (χ3v) is 2.84. The van der Waals surface area contributed by atoms with Crippen molar-refractivity contribution in [3.05, 3.63) is 39.9 Å². The number of halogens is 1. The van der Waals surface area contributed by atoms with E-state index in [0.717, 1.165) is 6.42 Å². The number of amides is 1. The van der Waals surface area contributed by atoms with Crippen LogP contribution in [0.1, 0.15) is 16.8 Å². The molecular weight excluding hydrogens is 258 g/mol. The number of non-ortho nitro benzene ring substituents is 1. The van der Waals surface area contributed by atoms with Gasteiger partial charge in [-0.15, -0.1) is 12.4 Å². The molecule has 1 amide bonds. The molecule has 0 radical (unpaired) electrons. The minimum Gasteiger partial charge on any atom is -0.337 e. The van der Waals surface area contributed by atoms with Crippen LogP contribution < -0.4 is 5.73 Å². The first kappa shape index (κ1) is 14.4. The number of hydrogen-bond donors (Lipinski definition) is 1. The summed E-state index contributed by atoms with van der Waals surface area (Å²) in [6.45, 7) is 1.20. The Labute approximate surface area is 110 Å². The Morgan fingerprint density at radius 1 is 1.39 bits per heavy atom. The molecule has 0 bridgehead atoms. The summed E-state index contributed by atoms with van der Waals surface area (Å²) >= 11 is 0. The third kappa shape index (κ3) is 2.96. The lowest BCUT2D eigenvalue weighted by Crippen LogP contribution is -2.31. The zero-order chi connectivity index (χ0) is 12.4. The molecule has 98 valence electrons. The molecule has 1 aromatic rings. The third-order valence-electron chi connectivity index (χ3n) is 2.84. The fourth-order valence-corrected chi connectivity index (χ4v) is 1.88. The zero-order valence-corrected chi connectivity index (χ0v) is 10.4. The minimum absolute atomic E-state index is 0. The van der Waals surface area contributed by atoms with Crippen molar-refractivity contribution in [1.82, 2.24) is 4.90 Å². The Morgan fingerprint density at radius 3 is 2.44 bits per heavy atom. The van der Waals surface area contributed by atoms with Crippen LogP contribution in [0.2, 0.25) is 0 Å². The average Bonchev–Trinajstić information content (AvgIpc) is 2.75. The highest BCUT2D eigenvalue weighted by Crippen LogP contribution is 2.16. The quantitative estimate of drug-likeness (QED) is 0.646. The van der Waals surface area contributed by atoms with Crippen LogP contribution in [-0.4, -0.2) is 34.9 Å². The first-order valence-electron chi connectivity index (χ1n) is 5.37. The topological polar surface area (TPSA) is 89.5 Å². The van der Waals surface area contributed by atoms with Crippen LogP contribution in [0.5, 0.6) is 0 Å². The molecule has 1 aromatic carbocycles. The van der Waals surface area contributed by atoms with Crippen LogP contribution in [-0.2, 0) is 0 Å². The smallest absolute Gasteiger partial charge is 0.269 e. The van der Waals surface area contributed by atoms with E-state index in [2.05, 4.69) is 0 Å². The van der Waals surface area contributed by atoms with Crippen molar-refractivity contribution in [3.63, 3.8) is 0 Å². The van der Waals surface area contributed by atoms with Gasteiger partial charge < -0.3 is 10.6 Å². The van der Waals surface area contributed by atoms with Crippen LogP contribution in [0, 0.1) is 10.1 Å². The lowest BCUT2D eigenvalue weighted by atomic mass is 10.2. The molecule has 1 heterocycles. The summed E-state index contributed by atoms with van der Waals surface area (Å²) < 4.78 is 0. The summed E-state index contributed by atoms with van der Waals surface area (Å²) in [6, 6.07) is 5.66. The monoisotopic (exact) mass is 271 g/mol. The van der Waals surface area contributed by atoms with Crippen LogP contribution in [0.4, 0.5) is 5.69 Å². The predicted molar refractivity (Wildman–Crippen MR) is 68.8 cm³/mol. The van der Waals surface area contributed by atoms with Crippen molar-refractivity contribution in [2.45, 2.75) is 12.5 Å². The largest absolute Gasteiger partial charge is 0.337 e. The Morgan fingerprint density at radius 2 is 2.00 bits per heavy atom. The van der Waals surface area contributed by atoms with Crippen molar-refractivity contribution in [1.29, 1.82) is 0 Å². The molecular formula is C11H14ClN3O3. The molecule has 0 aliphatic carbocycles. The van der Waals surface area contributed by atoms with E-state index >= 15 is 0 Å². The van der Waals surface area contributed by atoms with E-state index in [-0.39, 0.29) is 30.0 Å². The van der Waals surface area contributed by atoms with Crippen LogP contribution >= 0.6 is 12.4 Å². The lowest BCUT2D eigenvalue weighted by Gasteiger charge is -2.15. The van der Waals surface area contributed by atoms with E-state index in [1.807, 2.05) is 0 Å². The second kappa shape index (κ2) is 5.79. The number of nitro benzene ring substituents is 1. The molecule has 0 spiro atoms. The van der Waals surface area contributed by atoms with Gasteiger partial charge >= 0.3 is 0 Å². The van der Waals surface area contributed by atoms with Crippen molar-refractivity contribution >= 4 is 24.0 Å². The second-order valence-corrected chi connectivity index (χ2v) is 4.10. The molecule has 1 unspecified atom stereocenters. The van der Waals surface area contributed by atoms with Crippen molar-refractivity contribution in [3.8, 4) is 0 Å². The number of carbonyl (C=O) groups excluding carboxylic acids is 1. The standard InChI is InChI=1S/C11H13N3O3.ClH/c12-9-5-6-13(7-9)11(15)8-1-3-10(4-2-8)14(16)17;/h1-4,9H,5-7,12H2;1H. The average molecular weight is 272 g/mol. The SMILES string of the molecule is Cl.NC1CCN(C(=O)c2ccc([N+](=O)[O-])cc2)C1. The molecule has 2 N–H and O–H groups in total. The van der Waals surface area contributed by atoms with E-state index in [1.54, 1.807) is 4.90 Å². The second-order valence-electron chi connectivity index (χ2n) is 4.10. The number of nitro groups is 1. The number of carbonyl (C=O) groups is 1. The molecule has 18 heavy (non-hydrogen) atoms. The summed E-state index contributed by atoms with van der Waals surface area (Å²) in [6.07, 6.45) is 0.804. The van der Waals surface area contributed by atoms with Crippen LogP contribution in [0.15, 0.2) is 24.3 Å². The van der Waals surface area contributed by atoms with Gasteiger partial charge in [-0.2, -0.15) is 0 Å². The summed E-state index contributed by atoms with van der Waals surface area (Å²) in [4.78, 5) is 23.6. The molecule has 1 aliphatic heterocycles. The van der Waals surface area contributed by atoms with E-state index < -0.39 is 4.92 Å². The Hall–Kier alpha value is -1.66. The summed E-state index contributed by atoms with van der Waals surface area (Å²) in [5, 5.41) is 10.5. The van der Waals surface area contributed by atoms with Crippen molar-refractivity contribution < 1.29 is 9.72 Å². The van der Waals surface area contributed by atoms with Gasteiger partial charge in [0.1, 0.15) is 0 Å². The van der Waals surface area contributed by atoms with Gasteiger partial charge in [0.15, 0.2) is 0 Å². The molecule has 0 saturated carbocycles. The number of hydrogen-bond acceptors (Lipinski definition) is 4. The number of rotatable bonds is 2. The summed E-state index contributed by atoms with van der Waals surface area (Å²) in [7, 11) is 0. The predicted octanol–water partition coefficient (Wildman–Crippen LogP) is 1.19. The summed E-state index contributed by atoms with van der Waals surface area (Å²) in [5.74, 6) is -0.118.